The summed E-state index contributed by atoms with van der Waals surface area (Å²) in [6.45, 7) is 3.53. The van der Waals surface area contributed by atoms with Crippen LogP contribution in [0.2, 0.25) is 5.02 Å². The van der Waals surface area contributed by atoms with Crippen LogP contribution in [0.1, 0.15) is 12.5 Å². The molecule has 0 aliphatic rings. The van der Waals surface area contributed by atoms with Crippen LogP contribution < -0.4 is 10.1 Å². The van der Waals surface area contributed by atoms with E-state index in [4.69, 9.17) is 16.3 Å². The van der Waals surface area contributed by atoms with Gasteiger partial charge in [-0.05, 0) is 43.7 Å². The van der Waals surface area contributed by atoms with Crippen LogP contribution in [0.25, 0.3) is 0 Å². The molecule has 20 heavy (non-hydrogen) atoms. The van der Waals surface area contributed by atoms with E-state index in [1.807, 2.05) is 6.92 Å². The highest BCUT2D eigenvalue weighted by atomic mass is 35.5. The van der Waals surface area contributed by atoms with Crippen LogP contribution in [0.15, 0.2) is 36.7 Å². The summed E-state index contributed by atoms with van der Waals surface area (Å²) in [7, 11) is 0. The minimum absolute atomic E-state index is 0.251. The number of nitrogens with zero attached hydrogens (tertiary/aromatic N) is 2. The number of carbonyl (C=O) groups is 1. The van der Waals surface area contributed by atoms with Gasteiger partial charge in [0.15, 0.2) is 6.10 Å². The number of anilines is 1. The van der Waals surface area contributed by atoms with E-state index in [1.165, 1.54) is 0 Å². The lowest BCUT2D eigenvalue weighted by Crippen LogP contribution is -2.31. The van der Waals surface area contributed by atoms with E-state index in [9.17, 15) is 4.79 Å². The molecule has 1 atom stereocenters. The molecule has 1 unspecified atom stereocenters. The Labute approximate surface area is 122 Å². The first kappa shape index (κ1) is 14.3. The highest BCUT2D eigenvalue weighted by Gasteiger charge is 2.16. The van der Waals surface area contributed by atoms with Crippen LogP contribution in [0.3, 0.4) is 0 Å². The number of aryl methyl sites for hydroxylation is 1. The fraction of sp³-hybridized carbons (Fsp3) is 0.214. The van der Waals surface area contributed by atoms with Crippen LogP contribution in [0, 0.1) is 6.92 Å². The number of hydrogen-bond acceptors (Lipinski definition) is 4. The maximum atomic E-state index is 12.0. The second-order valence-electron chi connectivity index (χ2n) is 4.23. The van der Waals surface area contributed by atoms with Gasteiger partial charge >= 0.3 is 0 Å². The minimum atomic E-state index is -0.668. The van der Waals surface area contributed by atoms with Gasteiger partial charge in [0.1, 0.15) is 5.75 Å². The van der Waals surface area contributed by atoms with E-state index in [1.54, 1.807) is 43.6 Å². The molecule has 2 rings (SSSR count). The van der Waals surface area contributed by atoms with Gasteiger partial charge in [-0.2, -0.15) is 0 Å². The van der Waals surface area contributed by atoms with E-state index in [0.29, 0.717) is 10.8 Å². The summed E-state index contributed by atoms with van der Waals surface area (Å²) in [4.78, 5) is 19.8. The monoisotopic (exact) mass is 291 g/mol. The van der Waals surface area contributed by atoms with Crippen molar-refractivity contribution in [2.24, 2.45) is 0 Å². The molecule has 5 nitrogen and oxygen atoms in total. The number of benzene rings is 1. The van der Waals surface area contributed by atoms with Crippen LogP contribution in [0.4, 0.5) is 5.95 Å². The van der Waals surface area contributed by atoms with Gasteiger partial charge < -0.3 is 4.74 Å². The lowest BCUT2D eigenvalue weighted by Gasteiger charge is -2.15. The van der Waals surface area contributed by atoms with E-state index < -0.39 is 6.10 Å². The Morgan fingerprint density at radius 3 is 2.70 bits per heavy atom. The predicted molar refractivity (Wildman–Crippen MR) is 76.9 cm³/mol. The molecule has 104 valence electrons. The second-order valence-corrected chi connectivity index (χ2v) is 4.67. The molecule has 1 heterocycles. The average molecular weight is 292 g/mol. The predicted octanol–water partition coefficient (Wildman–Crippen LogP) is 2.84. The van der Waals surface area contributed by atoms with Gasteiger partial charge in [-0.1, -0.05) is 11.6 Å². The molecule has 0 spiro atoms. The third-order valence-corrected chi connectivity index (χ3v) is 2.85. The Hall–Kier alpha value is -2.14. The number of carbonyl (C=O) groups excluding carboxylic acids is 1. The van der Waals surface area contributed by atoms with Crippen molar-refractivity contribution in [2.75, 3.05) is 5.32 Å². The molecule has 0 saturated carbocycles. The lowest BCUT2D eigenvalue weighted by atomic mass is 10.2. The van der Waals surface area contributed by atoms with Crippen molar-refractivity contribution in [3.05, 3.63) is 47.2 Å². The normalized spacial score (nSPS) is 11.8. The van der Waals surface area contributed by atoms with E-state index in [-0.39, 0.29) is 11.9 Å². The molecule has 0 aliphatic carbocycles. The standard InChI is InChI=1S/C14H14ClN3O2/c1-9-8-11(15)4-5-12(9)20-10(2)13(19)18-14-16-6-3-7-17-14/h3-8,10H,1-2H3,(H,16,17,18,19). The molecule has 1 N–H and O–H groups in total. The van der Waals surface area contributed by atoms with Crippen LogP contribution in [0.5, 0.6) is 5.75 Å². The third-order valence-electron chi connectivity index (χ3n) is 2.61. The van der Waals surface area contributed by atoms with Crippen LogP contribution in [-0.4, -0.2) is 22.0 Å². The first-order valence-electron chi connectivity index (χ1n) is 6.07. The van der Waals surface area contributed by atoms with E-state index in [2.05, 4.69) is 15.3 Å². The number of nitrogens with one attached hydrogen (secondary N) is 1. The fourth-order valence-electron chi connectivity index (χ4n) is 1.56. The Bertz CT molecular complexity index is 605. The minimum Gasteiger partial charge on any atom is -0.481 e. The smallest absolute Gasteiger partial charge is 0.267 e. The molecule has 1 amide bonds. The number of amides is 1. The molecule has 2 aromatic rings. The number of halogens is 1. The van der Waals surface area contributed by atoms with E-state index in [0.717, 1.165) is 5.56 Å². The molecular formula is C14H14ClN3O2. The summed E-state index contributed by atoms with van der Waals surface area (Å²) >= 11 is 5.87. The lowest BCUT2D eigenvalue weighted by molar-refractivity contribution is -0.122. The number of rotatable bonds is 4. The largest absolute Gasteiger partial charge is 0.481 e. The van der Waals surface area contributed by atoms with Crippen LogP contribution >= 0.6 is 11.6 Å². The molecule has 0 saturated heterocycles. The number of hydrogen-bond donors (Lipinski definition) is 1. The Morgan fingerprint density at radius 1 is 1.35 bits per heavy atom. The highest BCUT2D eigenvalue weighted by Crippen LogP contribution is 2.22. The summed E-state index contributed by atoms with van der Waals surface area (Å²) in [5.74, 6) is 0.553. The van der Waals surface area contributed by atoms with Gasteiger partial charge in [-0.15, -0.1) is 0 Å². The number of ether oxygens (including phenoxy) is 1. The van der Waals surface area contributed by atoms with E-state index >= 15 is 0 Å². The molecule has 0 radical (unpaired) electrons. The second kappa shape index (κ2) is 6.34. The maximum absolute atomic E-state index is 12.0. The summed E-state index contributed by atoms with van der Waals surface area (Å²) in [6, 6.07) is 6.91. The molecule has 0 aliphatic heterocycles. The zero-order valence-corrected chi connectivity index (χ0v) is 11.9. The SMILES string of the molecule is Cc1cc(Cl)ccc1OC(C)C(=O)Nc1ncccn1. The Kier molecular flexibility index (Phi) is 4.53. The highest BCUT2D eigenvalue weighted by molar-refractivity contribution is 6.30. The zero-order valence-electron chi connectivity index (χ0n) is 11.1. The quantitative estimate of drug-likeness (QED) is 0.941. The fourth-order valence-corrected chi connectivity index (χ4v) is 1.79. The Morgan fingerprint density at radius 2 is 2.05 bits per heavy atom. The summed E-state index contributed by atoms with van der Waals surface area (Å²) < 4.78 is 5.61. The molecule has 0 bridgehead atoms. The first-order chi connectivity index (χ1) is 9.56. The molecule has 1 aromatic heterocycles. The Balaban J connectivity index is 2.00. The molecular weight excluding hydrogens is 278 g/mol. The van der Waals surface area contributed by atoms with Crippen molar-refractivity contribution in [1.29, 1.82) is 0 Å². The van der Waals surface area contributed by atoms with Gasteiger partial charge in [0.2, 0.25) is 5.95 Å². The average Bonchev–Trinajstić information content (AvgIpc) is 2.43. The summed E-state index contributed by atoms with van der Waals surface area (Å²) in [5.41, 5.74) is 0.869. The van der Waals surface area contributed by atoms with Gasteiger partial charge in [0.05, 0.1) is 0 Å². The van der Waals surface area contributed by atoms with Crippen molar-refractivity contribution in [3.8, 4) is 5.75 Å². The topological polar surface area (TPSA) is 64.1 Å². The van der Waals surface area contributed by atoms with Gasteiger partial charge in [-0.25, -0.2) is 9.97 Å². The molecule has 1 aromatic carbocycles. The molecule has 0 fully saturated rings. The van der Waals surface area contributed by atoms with Crippen molar-refractivity contribution in [2.45, 2.75) is 20.0 Å². The van der Waals surface area contributed by atoms with Crippen molar-refractivity contribution in [3.63, 3.8) is 0 Å². The van der Waals surface area contributed by atoms with Gasteiger partial charge in [0.25, 0.3) is 5.91 Å². The summed E-state index contributed by atoms with van der Waals surface area (Å²) in [6.07, 6.45) is 2.44. The van der Waals surface area contributed by atoms with Crippen molar-refractivity contribution in [1.82, 2.24) is 9.97 Å². The van der Waals surface area contributed by atoms with Gasteiger partial charge in [0, 0.05) is 17.4 Å². The zero-order chi connectivity index (χ0) is 14.5. The van der Waals surface area contributed by atoms with Crippen molar-refractivity contribution >= 4 is 23.5 Å². The third kappa shape index (κ3) is 3.68. The summed E-state index contributed by atoms with van der Waals surface area (Å²) in [5, 5.41) is 3.21. The van der Waals surface area contributed by atoms with Crippen molar-refractivity contribution < 1.29 is 9.53 Å². The molecule has 6 heteroatoms. The van der Waals surface area contributed by atoms with Crippen LogP contribution in [-0.2, 0) is 4.79 Å². The number of aromatic nitrogens is 2. The maximum Gasteiger partial charge on any atom is 0.267 e. The van der Waals surface area contributed by atoms with Gasteiger partial charge in [-0.3, -0.25) is 10.1 Å². The first-order valence-corrected chi connectivity index (χ1v) is 6.45.